The van der Waals surface area contributed by atoms with E-state index in [2.05, 4.69) is 21.2 Å². The summed E-state index contributed by atoms with van der Waals surface area (Å²) in [5.41, 5.74) is 1.33. The minimum atomic E-state index is -0.417. The number of rotatable bonds is 3. The van der Waals surface area contributed by atoms with Crippen LogP contribution in [0.15, 0.2) is 21.2 Å². The monoisotopic (exact) mass is 305 g/mol. The smallest absolute Gasteiger partial charge is 0.153 e. The largest absolute Gasteiger partial charge is 0.463 e. The highest BCUT2D eigenvalue weighted by molar-refractivity contribution is 9.10. The molecule has 1 N–H and O–H groups in total. The molecule has 0 saturated carbocycles. The van der Waals surface area contributed by atoms with Crippen LogP contribution in [0.5, 0.6) is 0 Å². The van der Waals surface area contributed by atoms with E-state index in [1.807, 2.05) is 7.05 Å². The zero-order valence-electron chi connectivity index (χ0n) is 8.61. The molecule has 0 bridgehead atoms. The molecule has 0 fully saturated rings. The summed E-state index contributed by atoms with van der Waals surface area (Å²) in [6, 6.07) is 1.50. The molecule has 0 unspecified atom stereocenters. The van der Waals surface area contributed by atoms with Gasteiger partial charge in [-0.3, -0.25) is 0 Å². The Kier molecular flexibility index (Phi) is 3.52. The van der Waals surface area contributed by atoms with Gasteiger partial charge in [-0.1, -0.05) is 11.6 Å². The average Bonchev–Trinajstić information content (AvgIpc) is 2.67. The minimum Gasteiger partial charge on any atom is -0.463 e. The first-order chi connectivity index (χ1) is 7.65. The first kappa shape index (κ1) is 11.9. The third kappa shape index (κ3) is 1.97. The van der Waals surface area contributed by atoms with Crippen molar-refractivity contribution in [2.24, 2.45) is 0 Å². The van der Waals surface area contributed by atoms with Gasteiger partial charge in [0.15, 0.2) is 11.4 Å². The SMILES string of the molecule is CNCCc1coc2c(Br)cc(Cl)c(F)c12. The maximum atomic E-state index is 13.9. The quantitative estimate of drug-likeness (QED) is 0.874. The van der Waals surface area contributed by atoms with Gasteiger partial charge in [0.1, 0.15) is 0 Å². The molecule has 2 nitrogen and oxygen atoms in total. The van der Waals surface area contributed by atoms with Crippen molar-refractivity contribution in [3.8, 4) is 0 Å². The molecule has 86 valence electrons. The lowest BCUT2D eigenvalue weighted by atomic mass is 10.1. The molecule has 0 saturated heterocycles. The van der Waals surface area contributed by atoms with Crippen LogP contribution in [-0.4, -0.2) is 13.6 Å². The highest BCUT2D eigenvalue weighted by atomic mass is 79.9. The van der Waals surface area contributed by atoms with Crippen molar-refractivity contribution in [1.82, 2.24) is 5.32 Å². The number of nitrogens with one attached hydrogen (secondary N) is 1. The van der Waals surface area contributed by atoms with Crippen LogP contribution in [0.2, 0.25) is 5.02 Å². The number of furan rings is 1. The Hall–Kier alpha value is -0.580. The summed E-state index contributed by atoms with van der Waals surface area (Å²) in [7, 11) is 1.85. The number of benzene rings is 1. The van der Waals surface area contributed by atoms with E-state index in [0.29, 0.717) is 21.9 Å². The summed E-state index contributed by atoms with van der Waals surface area (Å²) in [5.74, 6) is -0.417. The van der Waals surface area contributed by atoms with Crippen LogP contribution in [0.25, 0.3) is 11.0 Å². The summed E-state index contributed by atoms with van der Waals surface area (Å²) >= 11 is 9.10. The molecule has 0 radical (unpaired) electrons. The van der Waals surface area contributed by atoms with Gasteiger partial charge in [-0.25, -0.2) is 4.39 Å². The topological polar surface area (TPSA) is 25.2 Å². The van der Waals surface area contributed by atoms with Gasteiger partial charge in [0.05, 0.1) is 21.1 Å². The molecule has 1 aromatic heterocycles. The molecular weight excluding hydrogens is 296 g/mol. The molecule has 0 atom stereocenters. The van der Waals surface area contributed by atoms with E-state index in [4.69, 9.17) is 16.0 Å². The zero-order chi connectivity index (χ0) is 11.7. The molecule has 0 amide bonds. The van der Waals surface area contributed by atoms with E-state index in [-0.39, 0.29) is 5.02 Å². The summed E-state index contributed by atoms with van der Waals surface area (Å²) in [5, 5.41) is 3.58. The minimum absolute atomic E-state index is 0.103. The van der Waals surface area contributed by atoms with Crippen LogP contribution < -0.4 is 5.32 Å². The second kappa shape index (κ2) is 4.73. The van der Waals surface area contributed by atoms with Crippen LogP contribution in [0.1, 0.15) is 5.56 Å². The Bertz CT molecular complexity index is 526. The Labute approximate surface area is 106 Å². The van der Waals surface area contributed by atoms with E-state index in [9.17, 15) is 4.39 Å². The highest BCUT2D eigenvalue weighted by Gasteiger charge is 2.16. The fraction of sp³-hybridized carbons (Fsp3) is 0.273. The number of halogens is 3. The molecule has 2 aromatic rings. The predicted octanol–water partition coefficient (Wildman–Crippen LogP) is 3.75. The zero-order valence-corrected chi connectivity index (χ0v) is 11.0. The van der Waals surface area contributed by atoms with Crippen LogP contribution in [0, 0.1) is 5.82 Å². The molecule has 1 aromatic carbocycles. The van der Waals surface area contributed by atoms with Gasteiger partial charge in [0.25, 0.3) is 0 Å². The van der Waals surface area contributed by atoms with Crippen molar-refractivity contribution in [1.29, 1.82) is 0 Å². The van der Waals surface area contributed by atoms with Crippen LogP contribution >= 0.6 is 27.5 Å². The molecular formula is C11H10BrClFNO. The van der Waals surface area contributed by atoms with Gasteiger partial charge in [0.2, 0.25) is 0 Å². The lowest BCUT2D eigenvalue weighted by Crippen LogP contribution is -2.10. The van der Waals surface area contributed by atoms with Crippen molar-refractivity contribution >= 4 is 38.5 Å². The number of hydrogen-bond acceptors (Lipinski definition) is 2. The Morgan fingerprint density at radius 2 is 2.31 bits per heavy atom. The molecule has 0 aliphatic heterocycles. The van der Waals surface area contributed by atoms with Crippen molar-refractivity contribution in [2.45, 2.75) is 6.42 Å². The van der Waals surface area contributed by atoms with E-state index in [1.54, 1.807) is 6.26 Å². The third-order valence-corrected chi connectivity index (χ3v) is 3.28. The Morgan fingerprint density at radius 1 is 1.56 bits per heavy atom. The standard InChI is InChI=1S/C11H10BrClFNO/c1-15-3-2-6-5-16-11-7(12)4-8(13)10(14)9(6)11/h4-5,15H,2-3H2,1H3. The molecule has 5 heteroatoms. The average molecular weight is 307 g/mol. The van der Waals surface area contributed by atoms with Crippen molar-refractivity contribution in [2.75, 3.05) is 13.6 Å². The maximum Gasteiger partial charge on any atom is 0.153 e. The fourth-order valence-electron chi connectivity index (χ4n) is 1.61. The molecule has 0 aliphatic rings. The molecule has 0 spiro atoms. The van der Waals surface area contributed by atoms with Gasteiger partial charge in [-0.05, 0) is 42.0 Å². The van der Waals surface area contributed by atoms with E-state index in [0.717, 1.165) is 12.1 Å². The molecule has 1 heterocycles. The first-order valence-electron chi connectivity index (χ1n) is 4.83. The Balaban J connectivity index is 2.60. The van der Waals surface area contributed by atoms with Gasteiger partial charge < -0.3 is 9.73 Å². The van der Waals surface area contributed by atoms with Gasteiger partial charge in [-0.15, -0.1) is 0 Å². The third-order valence-electron chi connectivity index (χ3n) is 2.41. The number of likely N-dealkylation sites (N-methyl/N-ethyl adjacent to an activating group) is 1. The van der Waals surface area contributed by atoms with Crippen molar-refractivity contribution < 1.29 is 8.81 Å². The van der Waals surface area contributed by atoms with Crippen molar-refractivity contribution in [3.63, 3.8) is 0 Å². The van der Waals surface area contributed by atoms with Crippen molar-refractivity contribution in [3.05, 3.63) is 33.2 Å². The lowest BCUT2D eigenvalue weighted by molar-refractivity contribution is 0.604. The van der Waals surface area contributed by atoms with E-state index < -0.39 is 5.82 Å². The molecule has 0 aliphatic carbocycles. The normalized spacial score (nSPS) is 11.2. The first-order valence-corrected chi connectivity index (χ1v) is 6.00. The summed E-state index contributed by atoms with van der Waals surface area (Å²) in [6.45, 7) is 0.762. The second-order valence-corrected chi connectivity index (χ2v) is 4.73. The summed E-state index contributed by atoms with van der Waals surface area (Å²) in [6.07, 6.45) is 2.28. The predicted molar refractivity (Wildman–Crippen MR) is 66.5 cm³/mol. The van der Waals surface area contributed by atoms with Gasteiger partial charge in [0, 0.05) is 5.56 Å². The van der Waals surface area contributed by atoms with Gasteiger partial charge in [-0.2, -0.15) is 0 Å². The number of fused-ring (bicyclic) bond motifs is 1. The maximum absolute atomic E-state index is 13.9. The number of hydrogen-bond donors (Lipinski definition) is 1. The second-order valence-electron chi connectivity index (χ2n) is 3.47. The lowest BCUT2D eigenvalue weighted by Gasteiger charge is -2.01. The van der Waals surface area contributed by atoms with Gasteiger partial charge >= 0.3 is 0 Å². The molecule has 2 rings (SSSR count). The Morgan fingerprint density at radius 3 is 3.00 bits per heavy atom. The summed E-state index contributed by atoms with van der Waals surface area (Å²) < 4.78 is 19.9. The van der Waals surface area contributed by atoms with E-state index in [1.165, 1.54) is 6.07 Å². The van der Waals surface area contributed by atoms with Crippen LogP contribution in [0.4, 0.5) is 4.39 Å². The van der Waals surface area contributed by atoms with E-state index >= 15 is 0 Å². The van der Waals surface area contributed by atoms with Crippen LogP contribution in [0.3, 0.4) is 0 Å². The van der Waals surface area contributed by atoms with Crippen LogP contribution in [-0.2, 0) is 6.42 Å². The summed E-state index contributed by atoms with van der Waals surface area (Å²) in [4.78, 5) is 0. The fourth-order valence-corrected chi connectivity index (χ4v) is 2.47. The highest BCUT2D eigenvalue weighted by Crippen LogP contribution is 2.34. The molecule has 16 heavy (non-hydrogen) atoms.